The molecule has 7 atom stereocenters. The molecule has 0 radical (unpaired) electrons. The number of carbonyl (C=O) groups is 7. The molecule has 0 spiro atoms. The van der Waals surface area contributed by atoms with Gasteiger partial charge < -0.3 is 69.7 Å². The fourth-order valence-electron chi connectivity index (χ4n) is 5.90. The quantitative estimate of drug-likeness (QED) is 0.0237. The van der Waals surface area contributed by atoms with Crippen LogP contribution in [0, 0.1) is 11.8 Å². The van der Waals surface area contributed by atoms with Crippen molar-refractivity contribution in [2.45, 2.75) is 121 Å². The van der Waals surface area contributed by atoms with E-state index in [0.29, 0.717) is 38.6 Å². The lowest BCUT2D eigenvalue weighted by Crippen LogP contribution is -2.61. The summed E-state index contributed by atoms with van der Waals surface area (Å²) in [5.74, 6) is -6.60. The first-order valence-corrected chi connectivity index (χ1v) is 18.7. The first-order valence-electron chi connectivity index (χ1n) is 18.7. The monoisotopic (exact) mass is 785 g/mol. The number of carbonyl (C=O) groups excluding carboxylic acids is 6. The van der Waals surface area contributed by atoms with Gasteiger partial charge in [-0.3, -0.25) is 33.8 Å². The van der Waals surface area contributed by atoms with Crippen LogP contribution in [-0.2, 0) is 33.6 Å². The number of aliphatic hydroxyl groups excluding tert-OH is 2. The van der Waals surface area contributed by atoms with E-state index in [1.165, 1.54) is 4.90 Å². The van der Waals surface area contributed by atoms with Gasteiger partial charge >= 0.3 is 5.97 Å². The van der Waals surface area contributed by atoms with Gasteiger partial charge in [-0.05, 0) is 69.7 Å². The largest absolute Gasteiger partial charge is 0.480 e. The lowest BCUT2D eigenvalue weighted by molar-refractivity contribution is -0.143. The van der Waals surface area contributed by atoms with Crippen molar-refractivity contribution < 1.29 is 48.9 Å². The summed E-state index contributed by atoms with van der Waals surface area (Å²) >= 11 is 0. The van der Waals surface area contributed by atoms with Gasteiger partial charge in [-0.15, -0.1) is 0 Å². The molecule has 21 heteroatoms. The van der Waals surface area contributed by atoms with E-state index < -0.39 is 96.9 Å². The molecule has 1 heterocycles. The minimum Gasteiger partial charge on any atom is -0.480 e. The molecule has 1 rings (SSSR count). The van der Waals surface area contributed by atoms with Crippen LogP contribution in [0.25, 0.3) is 0 Å². The molecule has 0 bridgehead atoms. The lowest BCUT2D eigenvalue weighted by Gasteiger charge is -2.29. The number of nitrogens with two attached hydrogens (primary N) is 4. The first kappa shape index (κ1) is 48.4. The van der Waals surface area contributed by atoms with Gasteiger partial charge in [-0.1, -0.05) is 27.7 Å². The highest BCUT2D eigenvalue weighted by molar-refractivity contribution is 5.97. The fraction of sp³-hybridized carbons (Fsp3) is 0.765. The number of rotatable bonds is 25. The van der Waals surface area contributed by atoms with Gasteiger partial charge in [0.25, 0.3) is 0 Å². The van der Waals surface area contributed by atoms with Gasteiger partial charge in [0.15, 0.2) is 5.96 Å². The second-order valence-electron chi connectivity index (χ2n) is 14.3. The summed E-state index contributed by atoms with van der Waals surface area (Å²) in [6, 6.07) is -8.72. The Bertz CT molecular complexity index is 1330. The van der Waals surface area contributed by atoms with E-state index in [4.69, 9.17) is 22.9 Å². The van der Waals surface area contributed by atoms with E-state index in [1.807, 2.05) is 13.8 Å². The van der Waals surface area contributed by atoms with E-state index in [1.54, 1.807) is 13.8 Å². The summed E-state index contributed by atoms with van der Waals surface area (Å²) < 4.78 is 0. The van der Waals surface area contributed by atoms with Crippen molar-refractivity contribution in [2.75, 3.05) is 32.8 Å². The number of aliphatic carboxylic acids is 1. The number of amides is 6. The number of hydrogen-bond acceptors (Lipinski definition) is 12. The number of carboxylic acid groups (broad SMARTS) is 1. The lowest BCUT2D eigenvalue weighted by atomic mass is 10.0. The number of aliphatic imine (C=N–C) groups is 1. The summed E-state index contributed by atoms with van der Waals surface area (Å²) in [6.45, 7) is 6.01. The van der Waals surface area contributed by atoms with Gasteiger partial charge in [0.1, 0.15) is 36.3 Å². The molecule has 0 aromatic rings. The van der Waals surface area contributed by atoms with Crippen LogP contribution < -0.4 is 49.5 Å². The molecule has 21 nitrogen and oxygen atoms in total. The maximum absolute atomic E-state index is 13.6. The van der Waals surface area contributed by atoms with Crippen molar-refractivity contribution in [3.63, 3.8) is 0 Å². The molecule has 0 saturated carbocycles. The Labute approximate surface area is 321 Å². The molecule has 0 aliphatic carbocycles. The van der Waals surface area contributed by atoms with Gasteiger partial charge in [0.05, 0.1) is 19.3 Å². The molecule has 1 aliphatic rings. The zero-order chi connectivity index (χ0) is 41.8. The summed E-state index contributed by atoms with van der Waals surface area (Å²) in [4.78, 5) is 96.4. The van der Waals surface area contributed by atoms with E-state index in [9.17, 15) is 48.9 Å². The Hall–Kier alpha value is -4.60. The number of nitrogens with one attached hydrogen (secondary N) is 5. The van der Waals surface area contributed by atoms with Crippen molar-refractivity contribution in [3.8, 4) is 0 Å². The molecule has 16 N–H and O–H groups in total. The third kappa shape index (κ3) is 16.8. The highest BCUT2D eigenvalue weighted by Crippen LogP contribution is 2.20. The minimum absolute atomic E-state index is 0.0570. The highest BCUT2D eigenvalue weighted by Gasteiger charge is 2.38. The molecule has 314 valence electrons. The van der Waals surface area contributed by atoms with Gasteiger partial charge in [0, 0.05) is 13.1 Å². The zero-order valence-corrected chi connectivity index (χ0v) is 32.3. The maximum atomic E-state index is 13.6. The number of likely N-dealkylation sites (tertiary alicyclic amines) is 1. The average Bonchev–Trinajstić information content (AvgIpc) is 3.61. The van der Waals surface area contributed by atoms with Crippen LogP contribution in [0.3, 0.4) is 0 Å². The number of nitrogens with zero attached hydrogens (tertiary/aromatic N) is 2. The molecule has 55 heavy (non-hydrogen) atoms. The molecule has 0 unspecified atom stereocenters. The summed E-state index contributed by atoms with van der Waals surface area (Å²) in [5.41, 5.74) is 22.2. The molecule has 1 saturated heterocycles. The van der Waals surface area contributed by atoms with E-state index in [0.717, 1.165) is 0 Å². The molecular formula is C34H63N11O10. The highest BCUT2D eigenvalue weighted by atomic mass is 16.4. The van der Waals surface area contributed by atoms with E-state index in [2.05, 4.69) is 31.6 Å². The number of carboxylic acids is 1. The molecule has 0 aromatic carbocycles. The third-order valence-corrected chi connectivity index (χ3v) is 8.90. The third-order valence-electron chi connectivity index (χ3n) is 8.90. The van der Waals surface area contributed by atoms with Crippen LogP contribution in [0.4, 0.5) is 0 Å². The maximum Gasteiger partial charge on any atom is 0.326 e. The average molecular weight is 786 g/mol. The fourth-order valence-corrected chi connectivity index (χ4v) is 5.90. The standard InChI is InChI=1S/C34H63N11O10/c1-18(2)15-20(36)32(53)45-14-8-11-25(45)30(51)42-23(16-46)28(49)40-21(9-5-6-12-35)27(48)44-26(19(3)4)31(52)43-24(17-47)29(50)41-22(33(54)55)10-7-13-39-34(37)38/h18-26,46-47H,5-17,35-36H2,1-4H3,(H,40,49)(H,41,50)(H,42,51)(H,43,52)(H,44,48)(H,54,55)(H4,37,38,39)/t20-,21-,22-,23-,24-,25-,26-/m0/s1. The van der Waals surface area contributed by atoms with Crippen molar-refractivity contribution in [2.24, 2.45) is 39.8 Å². The molecule has 1 aliphatic heterocycles. The summed E-state index contributed by atoms with van der Waals surface area (Å²) in [7, 11) is 0. The Balaban J connectivity index is 3.05. The smallest absolute Gasteiger partial charge is 0.326 e. The Morgan fingerprint density at radius 3 is 1.84 bits per heavy atom. The first-order chi connectivity index (χ1) is 25.9. The van der Waals surface area contributed by atoms with Crippen LogP contribution in [0.1, 0.15) is 79.1 Å². The predicted octanol–water partition coefficient (Wildman–Crippen LogP) is -4.32. The normalized spacial score (nSPS) is 17.3. The number of hydrogen-bond donors (Lipinski definition) is 12. The predicted molar refractivity (Wildman–Crippen MR) is 201 cm³/mol. The second-order valence-corrected chi connectivity index (χ2v) is 14.3. The van der Waals surface area contributed by atoms with Crippen molar-refractivity contribution in [3.05, 3.63) is 0 Å². The van der Waals surface area contributed by atoms with Gasteiger partial charge in [-0.25, -0.2) is 4.79 Å². The summed E-state index contributed by atoms with van der Waals surface area (Å²) in [5, 5.41) is 41.7. The minimum atomic E-state index is -1.59. The molecular weight excluding hydrogens is 722 g/mol. The van der Waals surface area contributed by atoms with Crippen LogP contribution in [-0.4, -0.2) is 143 Å². The molecule has 1 fully saturated rings. The SMILES string of the molecule is CC(C)C[C@H](N)C(=O)N1CCC[C@H]1C(=O)N[C@@H](CO)C(=O)N[C@@H](CCCCN)C(=O)N[C@H](C(=O)N[C@@H](CO)C(=O)N[C@@H](CCCN=C(N)N)C(=O)O)C(C)C. The van der Waals surface area contributed by atoms with Gasteiger partial charge in [-0.2, -0.15) is 0 Å². The Morgan fingerprint density at radius 1 is 0.764 bits per heavy atom. The van der Waals surface area contributed by atoms with Crippen molar-refractivity contribution >= 4 is 47.4 Å². The molecule has 0 aromatic heterocycles. The second kappa shape index (κ2) is 24.7. The van der Waals surface area contributed by atoms with Crippen molar-refractivity contribution in [1.29, 1.82) is 0 Å². The van der Waals surface area contributed by atoms with E-state index in [-0.39, 0.29) is 50.1 Å². The van der Waals surface area contributed by atoms with Crippen LogP contribution in [0.2, 0.25) is 0 Å². The van der Waals surface area contributed by atoms with E-state index >= 15 is 0 Å². The van der Waals surface area contributed by atoms with Crippen LogP contribution in [0.5, 0.6) is 0 Å². The molecule has 6 amide bonds. The number of unbranched alkanes of at least 4 members (excludes halogenated alkanes) is 1. The number of aliphatic hydroxyl groups is 2. The van der Waals surface area contributed by atoms with Crippen LogP contribution >= 0.6 is 0 Å². The van der Waals surface area contributed by atoms with Crippen molar-refractivity contribution in [1.82, 2.24) is 31.5 Å². The zero-order valence-electron chi connectivity index (χ0n) is 32.3. The Kier molecular flexibility index (Phi) is 21.8. The van der Waals surface area contributed by atoms with Crippen LogP contribution in [0.15, 0.2) is 4.99 Å². The summed E-state index contributed by atoms with van der Waals surface area (Å²) in [6.07, 6.45) is 2.36. The topological polar surface area (TPSA) is 360 Å². The van der Waals surface area contributed by atoms with Gasteiger partial charge in [0.2, 0.25) is 35.4 Å². The Morgan fingerprint density at radius 2 is 1.31 bits per heavy atom. The number of guanidine groups is 1.